The quantitative estimate of drug-likeness (QED) is 0.779. The lowest BCUT2D eigenvalue weighted by molar-refractivity contribution is -0.122. The number of fused-ring (bicyclic) bond motifs is 3. The molecule has 0 radical (unpaired) electrons. The molecule has 7 heteroatoms. The minimum atomic E-state index is -0.168. The van der Waals surface area contributed by atoms with Crippen molar-refractivity contribution < 1.29 is 4.79 Å². The Balaban J connectivity index is 1.70. The maximum atomic E-state index is 12.7. The number of rotatable bonds is 4. The second kappa shape index (κ2) is 6.63. The summed E-state index contributed by atoms with van der Waals surface area (Å²) in [6.07, 6.45) is 4.62. The van der Waals surface area contributed by atoms with E-state index < -0.39 is 0 Å². The molecule has 138 valence electrons. The zero-order valence-electron chi connectivity index (χ0n) is 15.3. The van der Waals surface area contributed by atoms with E-state index in [2.05, 4.69) is 17.3 Å². The summed E-state index contributed by atoms with van der Waals surface area (Å²) in [6.45, 7) is 4.76. The fraction of sp³-hybridized carbons (Fsp3) is 0.526. The van der Waals surface area contributed by atoms with Gasteiger partial charge in [0.05, 0.1) is 11.0 Å². The van der Waals surface area contributed by atoms with E-state index >= 15 is 0 Å². The predicted octanol–water partition coefficient (Wildman–Crippen LogP) is 2.17. The van der Waals surface area contributed by atoms with Gasteiger partial charge in [0.15, 0.2) is 0 Å². The van der Waals surface area contributed by atoms with Crippen LogP contribution in [0.15, 0.2) is 29.1 Å². The van der Waals surface area contributed by atoms with Gasteiger partial charge in [0.1, 0.15) is 6.54 Å². The Morgan fingerprint density at radius 3 is 2.69 bits per heavy atom. The highest BCUT2D eigenvalue weighted by atomic mass is 16.2. The number of hydrogen-bond donors (Lipinski definition) is 1. The van der Waals surface area contributed by atoms with Gasteiger partial charge in [0.2, 0.25) is 11.7 Å². The van der Waals surface area contributed by atoms with Crippen LogP contribution < -0.4 is 11.0 Å². The van der Waals surface area contributed by atoms with Gasteiger partial charge in [-0.05, 0) is 37.8 Å². The van der Waals surface area contributed by atoms with Gasteiger partial charge in [0, 0.05) is 12.6 Å². The van der Waals surface area contributed by atoms with E-state index in [0.29, 0.717) is 18.2 Å². The molecular weight excluding hydrogens is 330 g/mol. The Labute approximate surface area is 151 Å². The van der Waals surface area contributed by atoms with Crippen LogP contribution in [0.5, 0.6) is 0 Å². The number of hydrogen-bond acceptors (Lipinski definition) is 3. The highest BCUT2D eigenvalue weighted by molar-refractivity contribution is 5.84. The molecule has 2 aromatic heterocycles. The number of benzene rings is 1. The van der Waals surface area contributed by atoms with Gasteiger partial charge in [-0.25, -0.2) is 13.9 Å². The van der Waals surface area contributed by atoms with Gasteiger partial charge in [-0.3, -0.25) is 9.36 Å². The Hall–Kier alpha value is -2.57. The van der Waals surface area contributed by atoms with Crippen LogP contribution in [0.2, 0.25) is 0 Å². The zero-order valence-corrected chi connectivity index (χ0v) is 15.3. The number of amides is 1. The molecule has 1 saturated carbocycles. The molecule has 2 heterocycles. The largest absolute Gasteiger partial charge is 0.352 e. The summed E-state index contributed by atoms with van der Waals surface area (Å²) < 4.78 is 4.86. The molecule has 0 aliphatic heterocycles. The molecule has 1 fully saturated rings. The van der Waals surface area contributed by atoms with Crippen LogP contribution >= 0.6 is 0 Å². The Morgan fingerprint density at radius 2 is 1.96 bits per heavy atom. The Bertz CT molecular complexity index is 1010. The second-order valence-corrected chi connectivity index (χ2v) is 7.24. The third kappa shape index (κ3) is 2.71. The topological polar surface area (TPSA) is 73.3 Å². The van der Waals surface area contributed by atoms with E-state index in [1.807, 2.05) is 35.8 Å². The van der Waals surface area contributed by atoms with E-state index in [4.69, 9.17) is 0 Å². The van der Waals surface area contributed by atoms with Crippen LogP contribution in [0, 0.1) is 5.92 Å². The standard InChI is InChI=1S/C19H25N5O2/c1-3-23-19(26)24-16-11-7-6-10-15(16)22(18(24)21-23)12-17(25)20-14-9-5-4-8-13(14)2/h6-7,10-11,13-14H,3-5,8-9,12H2,1-2H3,(H,20,25)/t13-,14+/m0/s1. The summed E-state index contributed by atoms with van der Waals surface area (Å²) in [5.41, 5.74) is 1.46. The van der Waals surface area contributed by atoms with Crippen molar-refractivity contribution >= 4 is 22.7 Å². The molecule has 1 aliphatic carbocycles. The fourth-order valence-electron chi connectivity index (χ4n) is 4.06. The number of aromatic nitrogens is 4. The third-order valence-electron chi connectivity index (χ3n) is 5.54. The predicted molar refractivity (Wildman–Crippen MR) is 100 cm³/mol. The number of aryl methyl sites for hydroxylation is 1. The van der Waals surface area contributed by atoms with Crippen molar-refractivity contribution in [2.24, 2.45) is 5.92 Å². The SMILES string of the molecule is CCn1nc2n(CC(=O)N[C@@H]3CCCC[C@@H]3C)c3ccccc3n2c1=O. The first-order chi connectivity index (χ1) is 12.6. The van der Waals surface area contributed by atoms with E-state index in [9.17, 15) is 9.59 Å². The molecule has 4 rings (SSSR count). The Morgan fingerprint density at radius 1 is 1.23 bits per heavy atom. The lowest BCUT2D eigenvalue weighted by atomic mass is 9.86. The van der Waals surface area contributed by atoms with Crippen molar-refractivity contribution in [1.82, 2.24) is 24.1 Å². The fourth-order valence-corrected chi connectivity index (χ4v) is 4.06. The van der Waals surface area contributed by atoms with Crippen LogP contribution in [0.4, 0.5) is 0 Å². The molecule has 0 spiro atoms. The summed E-state index contributed by atoms with van der Waals surface area (Å²) >= 11 is 0. The highest BCUT2D eigenvalue weighted by Crippen LogP contribution is 2.24. The van der Waals surface area contributed by atoms with Crippen LogP contribution in [0.3, 0.4) is 0 Å². The first-order valence-corrected chi connectivity index (χ1v) is 9.46. The van der Waals surface area contributed by atoms with Crippen LogP contribution in [0.25, 0.3) is 16.8 Å². The minimum absolute atomic E-state index is 0.0227. The Kier molecular flexibility index (Phi) is 4.30. The molecular formula is C19H25N5O2. The lowest BCUT2D eigenvalue weighted by Gasteiger charge is -2.29. The summed E-state index contributed by atoms with van der Waals surface area (Å²) in [5.74, 6) is 1.01. The highest BCUT2D eigenvalue weighted by Gasteiger charge is 2.24. The van der Waals surface area contributed by atoms with Gasteiger partial charge in [0.25, 0.3) is 0 Å². The average Bonchev–Trinajstić information content (AvgIpc) is 3.13. The summed E-state index contributed by atoms with van der Waals surface area (Å²) in [5, 5.41) is 7.62. The van der Waals surface area contributed by atoms with Gasteiger partial charge >= 0.3 is 5.69 Å². The average molecular weight is 355 g/mol. The number of nitrogens with zero attached hydrogens (tertiary/aromatic N) is 4. The van der Waals surface area contributed by atoms with Gasteiger partial charge in [-0.1, -0.05) is 31.9 Å². The van der Waals surface area contributed by atoms with Crippen molar-refractivity contribution in [2.45, 2.75) is 58.7 Å². The second-order valence-electron chi connectivity index (χ2n) is 7.24. The first kappa shape index (κ1) is 16.9. The molecule has 0 bridgehead atoms. The first-order valence-electron chi connectivity index (χ1n) is 9.46. The maximum absolute atomic E-state index is 12.7. The zero-order chi connectivity index (χ0) is 18.3. The normalized spacial score (nSPS) is 20.7. The molecule has 1 aromatic carbocycles. The van der Waals surface area contributed by atoms with Gasteiger partial charge in [-0.2, -0.15) is 0 Å². The van der Waals surface area contributed by atoms with Crippen molar-refractivity contribution in [2.75, 3.05) is 0 Å². The van der Waals surface area contributed by atoms with Crippen molar-refractivity contribution in [3.05, 3.63) is 34.7 Å². The molecule has 0 saturated heterocycles. The van der Waals surface area contributed by atoms with Crippen LogP contribution in [-0.4, -0.2) is 30.7 Å². The molecule has 1 amide bonds. The number of carbonyl (C=O) groups is 1. The summed E-state index contributed by atoms with van der Waals surface area (Å²) in [4.78, 5) is 25.3. The summed E-state index contributed by atoms with van der Waals surface area (Å²) in [7, 11) is 0. The van der Waals surface area contributed by atoms with Crippen molar-refractivity contribution in [1.29, 1.82) is 0 Å². The van der Waals surface area contributed by atoms with E-state index in [1.54, 1.807) is 4.40 Å². The molecule has 1 N–H and O–H groups in total. The van der Waals surface area contributed by atoms with Gasteiger partial charge in [-0.15, -0.1) is 5.10 Å². The monoisotopic (exact) mass is 355 g/mol. The third-order valence-corrected chi connectivity index (χ3v) is 5.54. The molecule has 26 heavy (non-hydrogen) atoms. The summed E-state index contributed by atoms with van der Waals surface area (Å²) in [6, 6.07) is 7.87. The molecule has 3 aromatic rings. The van der Waals surface area contributed by atoms with Crippen molar-refractivity contribution in [3.63, 3.8) is 0 Å². The van der Waals surface area contributed by atoms with E-state index in [1.165, 1.54) is 17.5 Å². The number of para-hydroxylation sites is 2. The van der Waals surface area contributed by atoms with Crippen LogP contribution in [0.1, 0.15) is 39.5 Å². The smallest absolute Gasteiger partial charge is 0.352 e. The minimum Gasteiger partial charge on any atom is -0.352 e. The van der Waals surface area contributed by atoms with Crippen molar-refractivity contribution in [3.8, 4) is 0 Å². The van der Waals surface area contributed by atoms with Crippen LogP contribution in [-0.2, 0) is 17.9 Å². The van der Waals surface area contributed by atoms with E-state index in [0.717, 1.165) is 23.9 Å². The molecule has 1 aliphatic rings. The van der Waals surface area contributed by atoms with Gasteiger partial charge < -0.3 is 5.32 Å². The molecule has 7 nitrogen and oxygen atoms in total. The maximum Gasteiger partial charge on any atom is 0.352 e. The number of carbonyl (C=O) groups excluding carboxylic acids is 1. The number of nitrogens with one attached hydrogen (secondary N) is 1. The molecule has 0 unspecified atom stereocenters. The molecule has 2 atom stereocenters. The lowest BCUT2D eigenvalue weighted by Crippen LogP contribution is -2.42. The van der Waals surface area contributed by atoms with E-state index in [-0.39, 0.29) is 24.2 Å². The number of imidazole rings is 1.